The van der Waals surface area contributed by atoms with E-state index in [1.54, 1.807) is 30.8 Å². The minimum atomic E-state index is -0.611. The van der Waals surface area contributed by atoms with Crippen LogP contribution in [-0.2, 0) is 19.1 Å². The van der Waals surface area contributed by atoms with Gasteiger partial charge in [0.2, 0.25) is 0 Å². The number of ether oxygens (including phenoxy) is 2. The molecule has 0 aliphatic carbocycles. The van der Waals surface area contributed by atoms with Crippen LogP contribution < -0.4 is 5.32 Å². The molecule has 0 unspecified atom stereocenters. The Bertz CT molecular complexity index is 859. The molecule has 0 saturated carbocycles. The number of amides is 1. The van der Waals surface area contributed by atoms with Crippen LogP contribution in [0.2, 0.25) is 0 Å². The summed E-state index contributed by atoms with van der Waals surface area (Å²) in [4.78, 5) is 40.0. The Morgan fingerprint density at radius 2 is 2.00 bits per heavy atom. The largest absolute Gasteiger partial charge is 0.466 e. The third-order valence-corrected chi connectivity index (χ3v) is 3.92. The highest BCUT2D eigenvalue weighted by atomic mass is 16.5. The van der Waals surface area contributed by atoms with E-state index in [9.17, 15) is 14.4 Å². The van der Waals surface area contributed by atoms with E-state index in [0.717, 1.165) is 0 Å². The first kappa shape index (κ1) is 21.3. The van der Waals surface area contributed by atoms with Gasteiger partial charge in [0.25, 0.3) is 5.91 Å². The Labute approximate surface area is 163 Å². The van der Waals surface area contributed by atoms with Gasteiger partial charge in [-0.1, -0.05) is 0 Å². The summed E-state index contributed by atoms with van der Waals surface area (Å²) in [7, 11) is 0. The Kier molecular flexibility index (Phi) is 7.48. The van der Waals surface area contributed by atoms with Crippen molar-refractivity contribution in [2.75, 3.05) is 19.8 Å². The number of nitrogens with zero attached hydrogens (tertiary/aromatic N) is 3. The molecule has 0 fully saturated rings. The quantitative estimate of drug-likeness (QED) is 0.514. The monoisotopic (exact) mass is 390 g/mol. The molecule has 2 aromatic rings. The summed E-state index contributed by atoms with van der Waals surface area (Å²) in [5.74, 6) is -1.35. The molecule has 1 amide bonds. The fourth-order valence-corrected chi connectivity index (χ4v) is 2.64. The number of pyridine rings is 1. The van der Waals surface area contributed by atoms with Crippen molar-refractivity contribution in [3.63, 3.8) is 0 Å². The second-order valence-corrected chi connectivity index (χ2v) is 6.57. The highest BCUT2D eigenvalue weighted by Crippen LogP contribution is 2.21. The number of carbonyl (C=O) groups is 3. The lowest BCUT2D eigenvalue weighted by Crippen LogP contribution is -2.30. The number of esters is 2. The van der Waals surface area contributed by atoms with Crippen molar-refractivity contribution in [3.8, 4) is 0 Å². The Balaban J connectivity index is 1.91. The minimum absolute atomic E-state index is 0.0936. The fraction of sp³-hybridized carbons (Fsp3) is 0.526. The summed E-state index contributed by atoms with van der Waals surface area (Å²) in [6.07, 6.45) is 2.26. The van der Waals surface area contributed by atoms with Crippen molar-refractivity contribution >= 4 is 28.9 Å². The molecular formula is C19H26N4O5. The van der Waals surface area contributed by atoms with E-state index in [1.807, 2.05) is 13.8 Å². The van der Waals surface area contributed by atoms with Gasteiger partial charge in [0.05, 0.1) is 23.8 Å². The molecule has 2 heterocycles. The number of hydrogen-bond acceptors (Lipinski definition) is 7. The van der Waals surface area contributed by atoms with Crippen molar-refractivity contribution < 1.29 is 23.9 Å². The van der Waals surface area contributed by atoms with Gasteiger partial charge in [0.15, 0.2) is 12.3 Å². The highest BCUT2D eigenvalue weighted by molar-refractivity contribution is 6.03. The molecule has 9 nitrogen and oxygen atoms in total. The maximum absolute atomic E-state index is 12.5. The zero-order valence-corrected chi connectivity index (χ0v) is 16.7. The van der Waals surface area contributed by atoms with Crippen LogP contribution in [0.5, 0.6) is 0 Å². The topological polar surface area (TPSA) is 112 Å². The SMILES string of the molecule is CCOC(=O)CCCNC(=O)COC(=O)c1cc(C)nc2c1cnn2C(C)C. The summed E-state index contributed by atoms with van der Waals surface area (Å²) in [5, 5.41) is 7.47. The summed E-state index contributed by atoms with van der Waals surface area (Å²) < 4.78 is 11.7. The zero-order valence-electron chi connectivity index (χ0n) is 16.7. The van der Waals surface area contributed by atoms with E-state index in [4.69, 9.17) is 9.47 Å². The van der Waals surface area contributed by atoms with Crippen molar-refractivity contribution in [2.24, 2.45) is 0 Å². The lowest BCUT2D eigenvalue weighted by atomic mass is 10.1. The molecule has 1 N–H and O–H groups in total. The molecule has 152 valence electrons. The lowest BCUT2D eigenvalue weighted by molar-refractivity contribution is -0.143. The summed E-state index contributed by atoms with van der Waals surface area (Å²) in [5.41, 5.74) is 1.58. The van der Waals surface area contributed by atoms with Crippen molar-refractivity contribution in [1.82, 2.24) is 20.1 Å². The first-order valence-corrected chi connectivity index (χ1v) is 9.27. The molecule has 0 radical (unpaired) electrons. The third-order valence-electron chi connectivity index (χ3n) is 3.92. The van der Waals surface area contributed by atoms with E-state index in [1.165, 1.54) is 0 Å². The van der Waals surface area contributed by atoms with E-state index in [2.05, 4.69) is 15.4 Å². The van der Waals surface area contributed by atoms with Crippen LogP contribution in [-0.4, -0.2) is 52.4 Å². The normalized spacial score (nSPS) is 10.9. The molecule has 0 aromatic carbocycles. The molecular weight excluding hydrogens is 364 g/mol. The van der Waals surface area contributed by atoms with Crippen LogP contribution in [0.15, 0.2) is 12.3 Å². The second kappa shape index (κ2) is 9.82. The van der Waals surface area contributed by atoms with Gasteiger partial charge in [-0.25, -0.2) is 14.5 Å². The molecule has 0 atom stereocenters. The molecule has 9 heteroatoms. The average Bonchev–Trinajstić information content (AvgIpc) is 3.06. The Hall–Kier alpha value is -2.97. The van der Waals surface area contributed by atoms with Gasteiger partial charge in [-0.15, -0.1) is 0 Å². The van der Waals surface area contributed by atoms with Gasteiger partial charge in [-0.3, -0.25) is 9.59 Å². The van der Waals surface area contributed by atoms with Crippen molar-refractivity contribution in [1.29, 1.82) is 0 Å². The van der Waals surface area contributed by atoms with Crippen LogP contribution >= 0.6 is 0 Å². The molecule has 0 bridgehead atoms. The van der Waals surface area contributed by atoms with E-state index < -0.39 is 18.5 Å². The third kappa shape index (κ3) is 5.51. The van der Waals surface area contributed by atoms with Crippen LogP contribution in [0.3, 0.4) is 0 Å². The molecule has 28 heavy (non-hydrogen) atoms. The number of fused-ring (bicyclic) bond motifs is 1. The number of carbonyl (C=O) groups excluding carboxylic acids is 3. The smallest absolute Gasteiger partial charge is 0.339 e. The molecule has 0 spiro atoms. The molecule has 0 aliphatic heterocycles. The number of rotatable bonds is 9. The first-order valence-electron chi connectivity index (χ1n) is 9.27. The van der Waals surface area contributed by atoms with Gasteiger partial charge in [0.1, 0.15) is 0 Å². The zero-order chi connectivity index (χ0) is 20.7. The number of aryl methyl sites for hydroxylation is 1. The molecule has 2 aromatic heterocycles. The van der Waals surface area contributed by atoms with E-state index >= 15 is 0 Å². The summed E-state index contributed by atoms with van der Waals surface area (Å²) in [6, 6.07) is 1.71. The lowest BCUT2D eigenvalue weighted by Gasteiger charge is -2.09. The predicted molar refractivity (Wildman–Crippen MR) is 102 cm³/mol. The van der Waals surface area contributed by atoms with Crippen LogP contribution in [0.25, 0.3) is 11.0 Å². The van der Waals surface area contributed by atoms with Crippen LogP contribution in [0, 0.1) is 6.92 Å². The van der Waals surface area contributed by atoms with Gasteiger partial charge in [-0.05, 0) is 40.2 Å². The van der Waals surface area contributed by atoms with Crippen molar-refractivity contribution in [2.45, 2.75) is 46.6 Å². The predicted octanol–water partition coefficient (Wildman–Crippen LogP) is 1.94. The van der Waals surface area contributed by atoms with E-state index in [-0.39, 0.29) is 18.4 Å². The Morgan fingerprint density at radius 1 is 1.25 bits per heavy atom. The van der Waals surface area contributed by atoms with Gasteiger partial charge >= 0.3 is 11.9 Å². The molecule has 0 saturated heterocycles. The number of hydrogen-bond donors (Lipinski definition) is 1. The highest BCUT2D eigenvalue weighted by Gasteiger charge is 2.18. The maximum atomic E-state index is 12.5. The van der Waals surface area contributed by atoms with Gasteiger partial charge < -0.3 is 14.8 Å². The average molecular weight is 390 g/mol. The molecule has 0 aliphatic rings. The second-order valence-electron chi connectivity index (χ2n) is 6.57. The standard InChI is InChI=1S/C19H26N4O5/c1-5-27-17(25)7-6-8-20-16(24)11-28-19(26)14-9-13(4)22-18-15(14)10-21-23(18)12(2)3/h9-10,12H,5-8,11H2,1-4H3,(H,20,24). The maximum Gasteiger partial charge on any atom is 0.339 e. The van der Waals surface area contributed by atoms with Gasteiger partial charge in [0, 0.05) is 24.7 Å². The van der Waals surface area contributed by atoms with Crippen LogP contribution in [0.4, 0.5) is 0 Å². The van der Waals surface area contributed by atoms with Crippen molar-refractivity contribution in [3.05, 3.63) is 23.5 Å². The summed E-state index contributed by atoms with van der Waals surface area (Å²) >= 11 is 0. The Morgan fingerprint density at radius 3 is 2.68 bits per heavy atom. The number of nitrogens with one attached hydrogen (secondary N) is 1. The first-order chi connectivity index (χ1) is 13.3. The molecule has 2 rings (SSSR count). The van der Waals surface area contributed by atoms with Gasteiger partial charge in [-0.2, -0.15) is 5.10 Å². The van der Waals surface area contributed by atoms with Crippen LogP contribution in [0.1, 0.15) is 55.7 Å². The van der Waals surface area contributed by atoms with E-state index in [0.29, 0.717) is 41.9 Å². The minimum Gasteiger partial charge on any atom is -0.466 e. The fourth-order valence-electron chi connectivity index (χ4n) is 2.64. The number of aromatic nitrogens is 3. The summed E-state index contributed by atoms with van der Waals surface area (Å²) in [6.45, 7) is 7.69.